The van der Waals surface area contributed by atoms with E-state index >= 15 is 0 Å². The Morgan fingerprint density at radius 2 is 1.96 bits per heavy atom. The van der Waals surface area contributed by atoms with Crippen LogP contribution in [-0.2, 0) is 6.42 Å². The molecule has 0 spiro atoms. The highest BCUT2D eigenvalue weighted by Gasteiger charge is 2.57. The topological polar surface area (TPSA) is 43.7 Å². The molecule has 138 valence electrons. The minimum atomic E-state index is -0.284. The van der Waals surface area contributed by atoms with Crippen LogP contribution in [0.5, 0.6) is 5.75 Å². The summed E-state index contributed by atoms with van der Waals surface area (Å²) < 4.78 is 0. The van der Waals surface area contributed by atoms with E-state index in [4.69, 9.17) is 0 Å². The lowest BCUT2D eigenvalue weighted by atomic mass is 9.52. The zero-order valence-corrected chi connectivity index (χ0v) is 16.1. The fraction of sp³-hybridized carbons (Fsp3) is 0.727. The van der Waals surface area contributed by atoms with E-state index in [-0.39, 0.29) is 17.4 Å². The van der Waals surface area contributed by atoms with Gasteiger partial charge in [-0.2, -0.15) is 0 Å². The van der Waals surface area contributed by atoms with Crippen molar-refractivity contribution in [3.05, 3.63) is 28.8 Å². The molecule has 3 aliphatic carbocycles. The SMILES string of the molecule is Cc1ccc(O)c2c1C1C(O)C[C@]3(C)C(CN(C)C)CCC3C1CC2. The third-order valence-electron chi connectivity index (χ3n) is 7.84. The monoisotopic (exact) mass is 343 g/mol. The number of aliphatic hydroxyl groups is 1. The third kappa shape index (κ3) is 2.54. The number of rotatable bonds is 2. The smallest absolute Gasteiger partial charge is 0.119 e. The Balaban J connectivity index is 1.72. The van der Waals surface area contributed by atoms with Crippen LogP contribution in [0.4, 0.5) is 0 Å². The first-order valence-corrected chi connectivity index (χ1v) is 9.97. The van der Waals surface area contributed by atoms with Crippen molar-refractivity contribution in [1.29, 1.82) is 0 Å². The number of fused-ring (bicyclic) bond motifs is 5. The number of aromatic hydroxyl groups is 1. The molecule has 0 aliphatic heterocycles. The molecule has 0 amide bonds. The van der Waals surface area contributed by atoms with Gasteiger partial charge in [-0.15, -0.1) is 0 Å². The predicted octanol–water partition coefficient (Wildman–Crippen LogP) is 3.71. The van der Waals surface area contributed by atoms with E-state index in [9.17, 15) is 10.2 Å². The van der Waals surface area contributed by atoms with Gasteiger partial charge in [-0.3, -0.25) is 0 Å². The van der Waals surface area contributed by atoms with Crippen LogP contribution in [0.2, 0.25) is 0 Å². The number of nitrogens with zero attached hydrogens (tertiary/aromatic N) is 1. The molecule has 0 aromatic heterocycles. The second kappa shape index (κ2) is 5.99. The molecular formula is C22H33NO2. The van der Waals surface area contributed by atoms with Gasteiger partial charge in [-0.25, -0.2) is 0 Å². The van der Waals surface area contributed by atoms with Crippen LogP contribution >= 0.6 is 0 Å². The van der Waals surface area contributed by atoms with E-state index < -0.39 is 0 Å². The molecule has 5 unspecified atom stereocenters. The van der Waals surface area contributed by atoms with E-state index in [1.54, 1.807) is 0 Å². The molecule has 25 heavy (non-hydrogen) atoms. The molecular weight excluding hydrogens is 310 g/mol. The van der Waals surface area contributed by atoms with Crippen LogP contribution in [-0.4, -0.2) is 41.9 Å². The number of phenolic OH excluding ortho intramolecular Hbond substituents is 1. The minimum Gasteiger partial charge on any atom is -0.508 e. The van der Waals surface area contributed by atoms with Gasteiger partial charge in [0.15, 0.2) is 0 Å². The van der Waals surface area contributed by atoms with Gasteiger partial charge in [-0.05, 0) is 99.0 Å². The summed E-state index contributed by atoms with van der Waals surface area (Å²) in [6, 6.07) is 3.86. The highest BCUT2D eigenvalue weighted by Crippen LogP contribution is 2.63. The maximum atomic E-state index is 11.2. The summed E-state index contributed by atoms with van der Waals surface area (Å²) in [5, 5.41) is 21.6. The molecule has 1 aromatic carbocycles. The van der Waals surface area contributed by atoms with E-state index in [1.807, 2.05) is 12.1 Å². The average Bonchev–Trinajstić information content (AvgIpc) is 2.86. The molecule has 2 fully saturated rings. The lowest BCUT2D eigenvalue weighted by molar-refractivity contribution is -0.0582. The Hall–Kier alpha value is -1.06. The van der Waals surface area contributed by atoms with Crippen molar-refractivity contribution in [2.24, 2.45) is 23.2 Å². The Morgan fingerprint density at radius 3 is 2.68 bits per heavy atom. The lowest BCUT2D eigenvalue weighted by Crippen LogP contribution is -2.50. The van der Waals surface area contributed by atoms with Crippen LogP contribution in [0.3, 0.4) is 0 Å². The van der Waals surface area contributed by atoms with Crippen LogP contribution in [0.15, 0.2) is 12.1 Å². The maximum Gasteiger partial charge on any atom is 0.119 e. The molecule has 3 heteroatoms. The van der Waals surface area contributed by atoms with Crippen LogP contribution in [0.1, 0.15) is 55.2 Å². The van der Waals surface area contributed by atoms with Crippen molar-refractivity contribution in [1.82, 2.24) is 4.90 Å². The van der Waals surface area contributed by atoms with E-state index in [2.05, 4.69) is 32.8 Å². The number of phenols is 1. The minimum absolute atomic E-state index is 0.215. The van der Waals surface area contributed by atoms with Gasteiger partial charge in [0.1, 0.15) is 5.75 Å². The second-order valence-electron chi connectivity index (χ2n) is 9.44. The van der Waals surface area contributed by atoms with Crippen molar-refractivity contribution in [3.63, 3.8) is 0 Å². The van der Waals surface area contributed by atoms with Crippen molar-refractivity contribution < 1.29 is 10.2 Å². The van der Waals surface area contributed by atoms with Crippen LogP contribution in [0, 0.1) is 30.1 Å². The quantitative estimate of drug-likeness (QED) is 0.860. The molecule has 0 radical (unpaired) electrons. The third-order valence-corrected chi connectivity index (χ3v) is 7.84. The number of hydrogen-bond donors (Lipinski definition) is 2. The summed E-state index contributed by atoms with van der Waals surface area (Å²) in [5.74, 6) is 2.60. The first-order valence-electron chi connectivity index (χ1n) is 9.97. The predicted molar refractivity (Wildman–Crippen MR) is 101 cm³/mol. The first-order chi connectivity index (χ1) is 11.8. The van der Waals surface area contributed by atoms with Gasteiger partial charge in [0.05, 0.1) is 6.10 Å². The summed E-state index contributed by atoms with van der Waals surface area (Å²) in [7, 11) is 4.34. The molecule has 0 heterocycles. The van der Waals surface area contributed by atoms with Crippen LogP contribution < -0.4 is 0 Å². The second-order valence-corrected chi connectivity index (χ2v) is 9.44. The summed E-state index contributed by atoms with van der Waals surface area (Å²) in [4.78, 5) is 2.31. The summed E-state index contributed by atoms with van der Waals surface area (Å²) in [6.07, 6.45) is 5.29. The Bertz CT molecular complexity index is 670. The molecule has 4 rings (SSSR count). The van der Waals surface area contributed by atoms with Gasteiger partial charge in [-0.1, -0.05) is 13.0 Å². The fourth-order valence-corrected chi connectivity index (χ4v) is 6.81. The van der Waals surface area contributed by atoms with E-state index in [0.29, 0.717) is 23.5 Å². The van der Waals surface area contributed by atoms with E-state index in [1.165, 1.54) is 24.0 Å². The normalized spacial score (nSPS) is 39.8. The van der Waals surface area contributed by atoms with Crippen molar-refractivity contribution in [2.45, 2.75) is 58.0 Å². The number of benzene rings is 1. The van der Waals surface area contributed by atoms with Gasteiger partial charge >= 0.3 is 0 Å². The molecule has 0 bridgehead atoms. The molecule has 3 aliphatic rings. The standard InChI is InChI=1S/C22H33NO2/c1-13-5-10-18(24)16-8-7-15-17-9-6-14(12-23(3)4)22(17,2)11-19(25)21(15)20(13)16/h5,10,14-15,17,19,21,24-25H,6-9,11-12H2,1-4H3/t14?,15?,17?,19?,21?,22-/m1/s1. The number of aryl methyl sites for hydroxylation is 1. The largest absolute Gasteiger partial charge is 0.508 e. The highest BCUT2D eigenvalue weighted by molar-refractivity contribution is 5.49. The van der Waals surface area contributed by atoms with Gasteiger partial charge in [0.2, 0.25) is 0 Å². The molecule has 2 N–H and O–H groups in total. The summed E-state index contributed by atoms with van der Waals surface area (Å²) >= 11 is 0. The molecule has 1 aromatic rings. The van der Waals surface area contributed by atoms with Crippen molar-refractivity contribution in [3.8, 4) is 5.75 Å². The zero-order valence-electron chi connectivity index (χ0n) is 16.1. The Kier molecular flexibility index (Phi) is 4.16. The van der Waals surface area contributed by atoms with Crippen molar-refractivity contribution in [2.75, 3.05) is 20.6 Å². The lowest BCUT2D eigenvalue weighted by Gasteiger charge is -2.53. The highest BCUT2D eigenvalue weighted by atomic mass is 16.3. The maximum absolute atomic E-state index is 11.2. The first kappa shape index (κ1) is 17.4. The zero-order chi connectivity index (χ0) is 17.9. The van der Waals surface area contributed by atoms with Gasteiger partial charge < -0.3 is 15.1 Å². The molecule has 3 nitrogen and oxygen atoms in total. The molecule has 2 saturated carbocycles. The molecule has 6 atom stereocenters. The summed E-state index contributed by atoms with van der Waals surface area (Å²) in [5.41, 5.74) is 3.87. The van der Waals surface area contributed by atoms with Crippen LogP contribution in [0.25, 0.3) is 0 Å². The van der Waals surface area contributed by atoms with E-state index in [0.717, 1.165) is 31.4 Å². The van der Waals surface area contributed by atoms with Gasteiger partial charge in [0, 0.05) is 12.5 Å². The number of aliphatic hydroxyl groups excluding tert-OH is 1. The Morgan fingerprint density at radius 1 is 1.20 bits per heavy atom. The Labute approximate surface area is 152 Å². The number of hydrogen-bond acceptors (Lipinski definition) is 3. The fourth-order valence-electron chi connectivity index (χ4n) is 6.81. The summed E-state index contributed by atoms with van der Waals surface area (Å²) in [6.45, 7) is 5.72. The van der Waals surface area contributed by atoms with Gasteiger partial charge in [0.25, 0.3) is 0 Å². The average molecular weight is 344 g/mol. The molecule has 0 saturated heterocycles. The van der Waals surface area contributed by atoms with Crippen molar-refractivity contribution >= 4 is 0 Å².